The van der Waals surface area contributed by atoms with E-state index in [0.717, 1.165) is 0 Å². The predicted octanol–water partition coefficient (Wildman–Crippen LogP) is 8.08. The monoisotopic (exact) mass is 767 g/mol. The molecule has 13 heteroatoms. The Hall–Kier alpha value is -3.01. The summed E-state index contributed by atoms with van der Waals surface area (Å²) in [6.07, 6.45) is 3.82. The number of carbonyl (C=O) groups excluding carboxylic acids is 1. The molecule has 0 saturated carbocycles. The van der Waals surface area contributed by atoms with Crippen molar-refractivity contribution in [3.8, 4) is 0 Å². The fourth-order valence-corrected chi connectivity index (χ4v) is 9.29. The molecule has 0 aliphatic heterocycles. The third kappa shape index (κ3) is 16.2. The van der Waals surface area contributed by atoms with Crippen LogP contribution in [0, 0.1) is 0 Å². The number of halogens is 6. The van der Waals surface area contributed by atoms with E-state index in [1.807, 2.05) is 0 Å². The second-order valence-electron chi connectivity index (χ2n) is 9.11. The molecule has 0 bridgehead atoms. The summed E-state index contributed by atoms with van der Waals surface area (Å²) < 4.78 is 59.2. The number of rotatable bonds is 8. The van der Waals surface area contributed by atoms with Crippen LogP contribution < -0.4 is 26.3 Å². The Bertz CT molecular complexity index is 1400. The average Bonchev–Trinajstić information content (AvgIpc) is 3.00. The molecular weight excluding hydrogens is 738 g/mol. The Morgan fingerprint density at radius 2 is 0.800 bits per heavy atom. The van der Waals surface area contributed by atoms with Gasteiger partial charge in [0.05, 0.1) is 11.7 Å². The van der Waals surface area contributed by atoms with E-state index in [-0.39, 0.29) is 41.0 Å². The van der Waals surface area contributed by atoms with Crippen LogP contribution in [0.15, 0.2) is 146 Å². The summed E-state index contributed by atoms with van der Waals surface area (Å²) in [5, 5.41) is 15.9. The summed E-state index contributed by atoms with van der Waals surface area (Å²) in [5.74, 6) is -1.24. The molecule has 0 aliphatic carbocycles. The van der Waals surface area contributed by atoms with Crippen LogP contribution in [0.2, 0.25) is 0 Å². The van der Waals surface area contributed by atoms with Crippen molar-refractivity contribution in [2.45, 2.75) is 0 Å². The third-order valence-corrected chi connectivity index (χ3v) is 11.1. The summed E-state index contributed by atoms with van der Waals surface area (Å²) in [7, 11) is -11.4. The van der Waals surface area contributed by atoms with Crippen molar-refractivity contribution in [2.75, 3.05) is 12.3 Å². The van der Waals surface area contributed by atoms with Crippen molar-refractivity contribution in [3.63, 3.8) is 0 Å². The first-order valence-electron chi connectivity index (χ1n) is 13.1. The van der Waals surface area contributed by atoms with Gasteiger partial charge in [-0.3, -0.25) is 4.98 Å². The molecule has 0 atom stereocenters. The predicted molar refractivity (Wildman–Crippen MR) is 170 cm³/mol. The number of pyridine rings is 1. The number of benzene rings is 4. The normalized spacial score (nSPS) is 12.3. The molecule has 4 aromatic carbocycles. The number of carbonyl (C=O) groups is 1. The molecule has 5 aromatic rings. The molecule has 0 unspecified atom stereocenters. The third-order valence-electron chi connectivity index (χ3n) is 5.69. The van der Waals surface area contributed by atoms with Crippen LogP contribution in [0.3, 0.4) is 0 Å². The zero-order chi connectivity index (χ0) is 32.1. The van der Waals surface area contributed by atoms with E-state index in [9.17, 15) is 35.1 Å². The zero-order valence-electron chi connectivity index (χ0n) is 23.5. The van der Waals surface area contributed by atoms with Crippen molar-refractivity contribution in [2.24, 2.45) is 0 Å². The standard InChI is InChI=1S/C26H24P2.C6H5NO2.F6P.Ru/c1-5-13-23(14-6-1)27(24-15-7-2-8-16-24)21-22-28(25-17-9-3-10-18-25)26-19-11-4-12-20-26;8-6(9)5-3-1-2-4-7-5;1-7(2,3,4,5)6;/h1-20H,21-22H2;1-4H,(H,8,9);;/q;;-1;+2/p-1. The van der Waals surface area contributed by atoms with Gasteiger partial charge in [-0.15, -0.1) is 0 Å². The molecule has 1 aromatic heterocycles. The Morgan fingerprint density at radius 3 is 1.00 bits per heavy atom. The molecular formula is C32H28F6NO2P3Ru. The van der Waals surface area contributed by atoms with Crippen LogP contribution in [-0.2, 0) is 19.5 Å². The number of hydrogen-bond donors (Lipinski definition) is 0. The minimum absolute atomic E-state index is 0. The van der Waals surface area contributed by atoms with Gasteiger partial charge in [0, 0.05) is 6.20 Å². The number of carboxylic acids is 1. The molecule has 0 spiro atoms. The summed E-state index contributed by atoms with van der Waals surface area (Å²) in [5.41, 5.74) is -0.0301. The molecule has 0 saturated heterocycles. The quantitative estimate of drug-likeness (QED) is 0.0913. The minimum Gasteiger partial charge on any atom is -0.543 e. The summed E-state index contributed by atoms with van der Waals surface area (Å²) in [6, 6.07) is 48.8. The number of nitrogens with zero attached hydrogens (tertiary/aromatic N) is 1. The van der Waals surface area contributed by atoms with Crippen LogP contribution >= 0.6 is 23.7 Å². The molecule has 0 fully saturated rings. The number of aromatic nitrogens is 1. The molecule has 0 amide bonds. The second-order valence-corrected chi connectivity index (χ2v) is 15.7. The molecule has 0 radical (unpaired) electrons. The Labute approximate surface area is 273 Å². The van der Waals surface area contributed by atoms with Gasteiger partial charge in [0.1, 0.15) is 0 Å². The summed E-state index contributed by atoms with van der Waals surface area (Å²) >= 11 is 0. The number of carboxylic acid groups (broad SMARTS) is 1. The van der Waals surface area contributed by atoms with Gasteiger partial charge in [-0.05, 0) is 61.5 Å². The average molecular weight is 767 g/mol. The maximum absolute atomic E-state index is 10.7. The largest absolute Gasteiger partial charge is 2.00 e. The van der Waals surface area contributed by atoms with Crippen molar-refractivity contribution < 1.29 is 54.6 Å². The van der Waals surface area contributed by atoms with E-state index < -0.39 is 13.8 Å². The molecule has 0 aliphatic rings. The topological polar surface area (TPSA) is 53.0 Å². The fraction of sp³-hybridized carbons (Fsp3) is 0.0625. The van der Waals surface area contributed by atoms with Crippen LogP contribution in [0.4, 0.5) is 25.2 Å². The Kier molecular flexibility index (Phi) is 14.0. The van der Waals surface area contributed by atoms with Crippen molar-refractivity contribution in [1.29, 1.82) is 0 Å². The molecule has 238 valence electrons. The molecule has 45 heavy (non-hydrogen) atoms. The summed E-state index contributed by atoms with van der Waals surface area (Å²) in [6.45, 7) is 0. The SMILES string of the molecule is F[P-](F)(F)(F)(F)F.O=C([O-])c1ccccn1.[Ru+2].c1ccc(P(CCP(c2ccccc2)c2ccccc2)c2ccccc2)cc1. The van der Waals surface area contributed by atoms with Gasteiger partial charge >= 0.3 is 52.5 Å². The first kappa shape index (κ1) is 38.2. The molecule has 5 rings (SSSR count). The molecule has 0 N–H and O–H groups in total. The van der Waals surface area contributed by atoms with E-state index in [1.165, 1.54) is 45.8 Å². The first-order valence-corrected chi connectivity index (χ1v) is 18.2. The zero-order valence-corrected chi connectivity index (χ0v) is 27.9. The van der Waals surface area contributed by atoms with Crippen LogP contribution in [0.5, 0.6) is 0 Å². The molecule has 1 heterocycles. The van der Waals surface area contributed by atoms with Crippen LogP contribution in [0.1, 0.15) is 10.5 Å². The Morgan fingerprint density at radius 1 is 0.533 bits per heavy atom. The van der Waals surface area contributed by atoms with Gasteiger partial charge in [-0.1, -0.05) is 127 Å². The summed E-state index contributed by atoms with van der Waals surface area (Å²) in [4.78, 5) is 13.5. The Balaban J connectivity index is 0.000000342. The van der Waals surface area contributed by atoms with E-state index in [2.05, 4.69) is 126 Å². The van der Waals surface area contributed by atoms with Gasteiger partial charge in [-0.2, -0.15) is 0 Å². The van der Waals surface area contributed by atoms with Crippen LogP contribution in [0.25, 0.3) is 0 Å². The van der Waals surface area contributed by atoms with Gasteiger partial charge in [0.25, 0.3) is 0 Å². The van der Waals surface area contributed by atoms with Crippen molar-refractivity contribution in [3.05, 3.63) is 151 Å². The van der Waals surface area contributed by atoms with Crippen molar-refractivity contribution in [1.82, 2.24) is 4.98 Å². The maximum Gasteiger partial charge on any atom is 2.00 e. The van der Waals surface area contributed by atoms with Crippen LogP contribution in [-0.4, -0.2) is 23.3 Å². The number of hydrogen-bond acceptors (Lipinski definition) is 3. The van der Waals surface area contributed by atoms with Gasteiger partial charge in [0.2, 0.25) is 0 Å². The number of aromatic carboxylic acids is 1. The van der Waals surface area contributed by atoms with E-state index in [1.54, 1.807) is 12.1 Å². The fourth-order valence-electron chi connectivity index (χ4n) is 3.93. The van der Waals surface area contributed by atoms with E-state index in [4.69, 9.17) is 0 Å². The van der Waals surface area contributed by atoms with E-state index in [0.29, 0.717) is 0 Å². The van der Waals surface area contributed by atoms with Gasteiger partial charge in [-0.25, -0.2) is 0 Å². The second kappa shape index (κ2) is 16.5. The maximum atomic E-state index is 10.0. The first-order chi connectivity index (χ1) is 20.7. The van der Waals surface area contributed by atoms with Gasteiger partial charge < -0.3 is 9.90 Å². The molecule has 3 nitrogen and oxygen atoms in total. The minimum atomic E-state index is -10.7. The van der Waals surface area contributed by atoms with Gasteiger partial charge in [0.15, 0.2) is 0 Å². The van der Waals surface area contributed by atoms with Crippen molar-refractivity contribution >= 4 is 50.8 Å². The smallest absolute Gasteiger partial charge is 0.543 e. The van der Waals surface area contributed by atoms with E-state index >= 15 is 0 Å².